The molecule has 1 N–H and O–H groups in total. The minimum atomic E-state index is -0.398. The molecule has 2 fully saturated rings. The lowest BCUT2D eigenvalue weighted by Gasteiger charge is -2.28. The van der Waals surface area contributed by atoms with Crippen molar-refractivity contribution in [3.63, 3.8) is 0 Å². The average molecular weight is 389 g/mol. The molecule has 1 saturated heterocycles. The molecule has 0 spiro atoms. The van der Waals surface area contributed by atoms with E-state index < -0.39 is 5.91 Å². The summed E-state index contributed by atoms with van der Waals surface area (Å²) in [5.41, 5.74) is 1.75. The number of morpholine rings is 1. The van der Waals surface area contributed by atoms with Crippen LogP contribution in [-0.2, 0) is 23.9 Å². The summed E-state index contributed by atoms with van der Waals surface area (Å²) in [5, 5.41) is 2.78. The number of likely N-dealkylation sites (N-methyl/N-ethyl adjacent to an activating group) is 1. The Morgan fingerprint density at radius 3 is 2.46 bits per heavy atom. The fourth-order valence-electron chi connectivity index (χ4n) is 3.09. The number of hydrogen-bond acceptors (Lipinski definition) is 6. The summed E-state index contributed by atoms with van der Waals surface area (Å²) in [6.07, 6.45) is 2.69. The molecule has 0 atom stereocenters. The molecule has 0 aromatic heterocycles. The minimum absolute atomic E-state index is 0.0677. The van der Waals surface area contributed by atoms with Crippen LogP contribution >= 0.6 is 0 Å². The van der Waals surface area contributed by atoms with Crippen molar-refractivity contribution in [2.75, 3.05) is 56.7 Å². The van der Waals surface area contributed by atoms with Crippen molar-refractivity contribution in [1.29, 1.82) is 0 Å². The molecule has 2 aliphatic rings. The molecular formula is C20H27N3O5. The van der Waals surface area contributed by atoms with Crippen LogP contribution in [0.2, 0.25) is 0 Å². The highest BCUT2D eigenvalue weighted by Gasteiger charge is 2.27. The molecule has 0 unspecified atom stereocenters. The Morgan fingerprint density at radius 1 is 1.18 bits per heavy atom. The van der Waals surface area contributed by atoms with Gasteiger partial charge in [0.2, 0.25) is 5.91 Å². The zero-order chi connectivity index (χ0) is 19.9. The smallest absolute Gasteiger partial charge is 0.309 e. The molecule has 1 saturated carbocycles. The maximum absolute atomic E-state index is 12.2. The summed E-state index contributed by atoms with van der Waals surface area (Å²) in [6.45, 7) is 2.70. The van der Waals surface area contributed by atoms with Crippen molar-refractivity contribution in [3.05, 3.63) is 24.3 Å². The van der Waals surface area contributed by atoms with Crippen LogP contribution < -0.4 is 10.2 Å². The first-order valence-corrected chi connectivity index (χ1v) is 9.66. The highest BCUT2D eigenvalue weighted by Crippen LogP contribution is 2.27. The van der Waals surface area contributed by atoms with Crippen molar-refractivity contribution in [2.45, 2.75) is 19.3 Å². The van der Waals surface area contributed by atoms with Gasteiger partial charge in [0, 0.05) is 31.5 Å². The van der Waals surface area contributed by atoms with Gasteiger partial charge in [-0.25, -0.2) is 0 Å². The number of hydrogen-bond donors (Lipinski definition) is 1. The number of esters is 1. The zero-order valence-electron chi connectivity index (χ0n) is 16.2. The normalized spacial score (nSPS) is 16.8. The number of anilines is 2. The fraction of sp³-hybridized carbons (Fsp3) is 0.550. The van der Waals surface area contributed by atoms with Crippen molar-refractivity contribution < 1.29 is 23.9 Å². The second-order valence-electron chi connectivity index (χ2n) is 7.18. The van der Waals surface area contributed by atoms with Crippen LogP contribution in [0.4, 0.5) is 11.4 Å². The van der Waals surface area contributed by atoms with Crippen LogP contribution in [-0.4, -0.2) is 69.2 Å². The lowest BCUT2D eigenvalue weighted by Crippen LogP contribution is -2.38. The van der Waals surface area contributed by atoms with Gasteiger partial charge in [0.25, 0.3) is 5.91 Å². The Bertz CT molecular complexity index is 696. The molecule has 152 valence electrons. The van der Waals surface area contributed by atoms with E-state index >= 15 is 0 Å². The van der Waals surface area contributed by atoms with E-state index in [2.05, 4.69) is 10.2 Å². The lowest BCUT2D eigenvalue weighted by atomic mass is 9.86. The van der Waals surface area contributed by atoms with Gasteiger partial charge in [-0.05, 0) is 37.1 Å². The zero-order valence-corrected chi connectivity index (χ0v) is 16.2. The van der Waals surface area contributed by atoms with Gasteiger partial charge in [-0.1, -0.05) is 6.42 Å². The number of rotatable bonds is 7. The van der Waals surface area contributed by atoms with Gasteiger partial charge in [0.15, 0.2) is 6.61 Å². The third-order valence-corrected chi connectivity index (χ3v) is 5.11. The number of carbonyl (C=O) groups is 3. The van der Waals surface area contributed by atoms with Gasteiger partial charge >= 0.3 is 5.97 Å². The van der Waals surface area contributed by atoms with Gasteiger partial charge in [-0.2, -0.15) is 0 Å². The van der Waals surface area contributed by atoms with Crippen LogP contribution in [0.1, 0.15) is 19.3 Å². The van der Waals surface area contributed by atoms with E-state index in [0.29, 0.717) is 5.69 Å². The van der Waals surface area contributed by atoms with Crippen molar-refractivity contribution in [1.82, 2.24) is 4.90 Å². The Balaban J connectivity index is 1.41. The number of ether oxygens (including phenoxy) is 2. The standard InChI is InChI=1S/C20H27N3O5/c1-22(19(25)14-28-20(26)15-3-2-4-15)13-18(24)21-16-5-7-17(8-6-16)23-9-11-27-12-10-23/h5-8,15H,2-4,9-14H2,1H3,(H,21,24). The molecule has 8 heteroatoms. The summed E-state index contributed by atoms with van der Waals surface area (Å²) < 4.78 is 10.4. The van der Waals surface area contributed by atoms with Gasteiger partial charge < -0.3 is 24.6 Å². The molecule has 28 heavy (non-hydrogen) atoms. The molecule has 3 rings (SSSR count). The molecule has 1 aliphatic heterocycles. The summed E-state index contributed by atoms with van der Waals surface area (Å²) in [4.78, 5) is 39.4. The second kappa shape index (κ2) is 9.54. The quantitative estimate of drug-likeness (QED) is 0.707. The molecule has 1 aromatic carbocycles. The predicted octanol–water partition coefficient (Wildman–Crippen LogP) is 1.26. The summed E-state index contributed by atoms with van der Waals surface area (Å²) in [7, 11) is 1.51. The highest BCUT2D eigenvalue weighted by atomic mass is 16.5. The van der Waals surface area contributed by atoms with E-state index in [9.17, 15) is 14.4 Å². The minimum Gasteiger partial charge on any atom is -0.455 e. The summed E-state index contributed by atoms with van der Waals surface area (Å²) in [5.74, 6) is -1.09. The van der Waals surface area contributed by atoms with Crippen LogP contribution in [0, 0.1) is 5.92 Å². The monoisotopic (exact) mass is 389 g/mol. The van der Waals surface area contributed by atoms with E-state index in [0.717, 1.165) is 51.3 Å². The van der Waals surface area contributed by atoms with Crippen molar-refractivity contribution in [3.8, 4) is 0 Å². The van der Waals surface area contributed by atoms with Crippen LogP contribution in [0.3, 0.4) is 0 Å². The summed E-state index contributed by atoms with van der Waals surface area (Å²) >= 11 is 0. The number of nitrogens with one attached hydrogen (secondary N) is 1. The number of nitrogens with zero attached hydrogens (tertiary/aromatic N) is 2. The van der Waals surface area contributed by atoms with Crippen molar-refractivity contribution >= 4 is 29.2 Å². The lowest BCUT2D eigenvalue weighted by molar-refractivity contribution is -0.157. The van der Waals surface area contributed by atoms with Crippen LogP contribution in [0.5, 0.6) is 0 Å². The Hall–Kier alpha value is -2.61. The van der Waals surface area contributed by atoms with E-state index in [1.54, 1.807) is 0 Å². The largest absolute Gasteiger partial charge is 0.455 e. The Morgan fingerprint density at radius 2 is 1.86 bits per heavy atom. The van der Waals surface area contributed by atoms with Crippen molar-refractivity contribution in [2.24, 2.45) is 5.92 Å². The topological polar surface area (TPSA) is 88.2 Å². The maximum Gasteiger partial charge on any atom is 0.309 e. The molecule has 1 aromatic rings. The fourth-order valence-corrected chi connectivity index (χ4v) is 3.09. The number of benzene rings is 1. The predicted molar refractivity (Wildman–Crippen MR) is 104 cm³/mol. The van der Waals surface area contributed by atoms with E-state index in [4.69, 9.17) is 9.47 Å². The van der Waals surface area contributed by atoms with Gasteiger partial charge in [-0.15, -0.1) is 0 Å². The average Bonchev–Trinajstić information content (AvgIpc) is 2.66. The number of carbonyl (C=O) groups excluding carboxylic acids is 3. The molecule has 0 bridgehead atoms. The first kappa shape index (κ1) is 20.1. The Kier molecular flexibility index (Phi) is 6.86. The van der Waals surface area contributed by atoms with E-state index in [1.165, 1.54) is 11.9 Å². The molecular weight excluding hydrogens is 362 g/mol. The highest BCUT2D eigenvalue weighted by molar-refractivity contribution is 5.95. The van der Waals surface area contributed by atoms with Crippen LogP contribution in [0.15, 0.2) is 24.3 Å². The summed E-state index contributed by atoms with van der Waals surface area (Å²) in [6, 6.07) is 7.58. The number of amides is 2. The SMILES string of the molecule is CN(CC(=O)Nc1ccc(N2CCOCC2)cc1)C(=O)COC(=O)C1CCC1. The molecule has 1 heterocycles. The Labute approximate surface area is 164 Å². The maximum atomic E-state index is 12.2. The van der Waals surface area contributed by atoms with Gasteiger partial charge in [0.1, 0.15) is 0 Å². The van der Waals surface area contributed by atoms with E-state index in [1.807, 2.05) is 24.3 Å². The second-order valence-corrected chi connectivity index (χ2v) is 7.18. The van der Waals surface area contributed by atoms with Crippen LogP contribution in [0.25, 0.3) is 0 Å². The molecule has 0 radical (unpaired) electrons. The van der Waals surface area contributed by atoms with E-state index in [-0.39, 0.29) is 30.9 Å². The van der Waals surface area contributed by atoms with Gasteiger partial charge in [0.05, 0.1) is 25.7 Å². The third-order valence-electron chi connectivity index (χ3n) is 5.11. The molecule has 2 amide bonds. The molecule has 8 nitrogen and oxygen atoms in total. The first-order valence-electron chi connectivity index (χ1n) is 9.66. The third kappa shape index (κ3) is 5.45. The first-order chi connectivity index (χ1) is 13.5. The van der Waals surface area contributed by atoms with Gasteiger partial charge in [-0.3, -0.25) is 14.4 Å². The molecule has 1 aliphatic carbocycles.